The number of hydrogen-bond acceptors (Lipinski definition) is 4. The summed E-state index contributed by atoms with van der Waals surface area (Å²) in [5.74, 6) is -0.382. The summed E-state index contributed by atoms with van der Waals surface area (Å²) in [5, 5.41) is 13.3. The van der Waals surface area contributed by atoms with Crippen molar-refractivity contribution < 1.29 is 9.59 Å². The van der Waals surface area contributed by atoms with Crippen LogP contribution in [0.1, 0.15) is 42.7 Å². The third kappa shape index (κ3) is 2.37. The molecule has 2 heterocycles. The van der Waals surface area contributed by atoms with Crippen molar-refractivity contribution in [2.75, 3.05) is 6.54 Å². The Morgan fingerprint density at radius 2 is 2.20 bits per heavy atom. The lowest BCUT2D eigenvalue weighted by atomic mass is 9.77. The highest BCUT2D eigenvalue weighted by Crippen LogP contribution is 2.34. The topological polar surface area (TPSA) is 84.0 Å². The molecule has 6 nitrogen and oxygen atoms in total. The van der Waals surface area contributed by atoms with Gasteiger partial charge in [0.15, 0.2) is 0 Å². The van der Waals surface area contributed by atoms with E-state index in [2.05, 4.69) is 20.8 Å². The van der Waals surface area contributed by atoms with E-state index in [1.54, 1.807) is 13.0 Å². The first-order chi connectivity index (χ1) is 9.54. The van der Waals surface area contributed by atoms with Gasteiger partial charge < -0.3 is 10.6 Å². The summed E-state index contributed by atoms with van der Waals surface area (Å²) in [6.45, 7) is 6.42. The fourth-order valence-corrected chi connectivity index (χ4v) is 2.72. The molecule has 20 heavy (non-hydrogen) atoms. The summed E-state index contributed by atoms with van der Waals surface area (Å²) in [6.07, 6.45) is 3.14. The van der Waals surface area contributed by atoms with E-state index in [4.69, 9.17) is 0 Å². The first-order valence-electron chi connectivity index (χ1n) is 6.91. The Hall–Kier alpha value is -1.98. The first kappa shape index (κ1) is 14.4. The molecular formula is C14H20N4O2. The standard InChI is InChI=1S/C14H20N4O2/c1-4-14(5-2)8-15-13(20)11(14)17-12(19)10-6-7-16-18-9(10)3/h6-7,11H,4-5,8H2,1-3H3,(H,15,20)(H,17,19). The van der Waals surface area contributed by atoms with Crippen LogP contribution in [0.4, 0.5) is 0 Å². The maximum atomic E-state index is 12.3. The molecule has 1 atom stereocenters. The van der Waals surface area contributed by atoms with Crippen molar-refractivity contribution in [1.29, 1.82) is 0 Å². The van der Waals surface area contributed by atoms with Crippen LogP contribution in [-0.2, 0) is 4.79 Å². The average Bonchev–Trinajstić information content (AvgIpc) is 2.77. The Balaban J connectivity index is 2.22. The summed E-state index contributed by atoms with van der Waals surface area (Å²) in [5.41, 5.74) is 0.809. The SMILES string of the molecule is CCC1(CC)CNC(=O)C1NC(=O)c1ccnnc1C. The molecule has 0 saturated carbocycles. The van der Waals surface area contributed by atoms with Crippen molar-refractivity contribution in [2.45, 2.75) is 39.7 Å². The predicted octanol–water partition coefficient (Wildman–Crippen LogP) is 0.820. The molecule has 108 valence electrons. The molecule has 0 aromatic carbocycles. The van der Waals surface area contributed by atoms with Crippen molar-refractivity contribution in [3.63, 3.8) is 0 Å². The number of amides is 2. The number of nitrogens with one attached hydrogen (secondary N) is 2. The van der Waals surface area contributed by atoms with Crippen molar-refractivity contribution in [1.82, 2.24) is 20.8 Å². The highest BCUT2D eigenvalue weighted by Gasteiger charge is 2.46. The monoisotopic (exact) mass is 276 g/mol. The van der Waals surface area contributed by atoms with E-state index in [1.165, 1.54) is 6.20 Å². The van der Waals surface area contributed by atoms with Crippen LogP contribution in [0.3, 0.4) is 0 Å². The van der Waals surface area contributed by atoms with Crippen LogP contribution in [0.25, 0.3) is 0 Å². The maximum absolute atomic E-state index is 12.3. The van der Waals surface area contributed by atoms with E-state index >= 15 is 0 Å². The lowest BCUT2D eigenvalue weighted by Gasteiger charge is -2.31. The Morgan fingerprint density at radius 1 is 1.50 bits per heavy atom. The van der Waals surface area contributed by atoms with Crippen LogP contribution in [0, 0.1) is 12.3 Å². The number of carbonyl (C=O) groups excluding carboxylic acids is 2. The summed E-state index contributed by atoms with van der Waals surface area (Å²) in [6, 6.07) is 1.13. The molecule has 1 aliphatic heterocycles. The zero-order chi connectivity index (χ0) is 14.8. The Labute approximate surface area is 118 Å². The summed E-state index contributed by atoms with van der Waals surface area (Å²) in [7, 11) is 0. The molecule has 2 amide bonds. The zero-order valence-electron chi connectivity index (χ0n) is 12.1. The van der Waals surface area contributed by atoms with Gasteiger partial charge in [0.1, 0.15) is 6.04 Å². The van der Waals surface area contributed by atoms with E-state index in [0.29, 0.717) is 17.8 Å². The van der Waals surface area contributed by atoms with Gasteiger partial charge in [0, 0.05) is 12.0 Å². The molecule has 6 heteroatoms. The maximum Gasteiger partial charge on any atom is 0.253 e. The van der Waals surface area contributed by atoms with Gasteiger partial charge in [-0.25, -0.2) is 0 Å². The van der Waals surface area contributed by atoms with Crippen LogP contribution in [-0.4, -0.2) is 34.6 Å². The van der Waals surface area contributed by atoms with Gasteiger partial charge in [0.25, 0.3) is 5.91 Å². The van der Waals surface area contributed by atoms with Crippen LogP contribution in [0.5, 0.6) is 0 Å². The minimum Gasteiger partial charge on any atom is -0.354 e. The predicted molar refractivity (Wildman–Crippen MR) is 74.0 cm³/mol. The molecule has 1 fully saturated rings. The highest BCUT2D eigenvalue weighted by atomic mass is 16.2. The van der Waals surface area contributed by atoms with Crippen molar-refractivity contribution in [3.05, 3.63) is 23.5 Å². The molecule has 1 aliphatic rings. The molecule has 0 bridgehead atoms. The normalized spacial score (nSPS) is 20.6. The van der Waals surface area contributed by atoms with Gasteiger partial charge in [0.2, 0.25) is 5.91 Å². The molecule has 2 N–H and O–H groups in total. The molecule has 1 saturated heterocycles. The minimum atomic E-state index is -0.488. The molecule has 0 radical (unpaired) electrons. The number of nitrogens with zero attached hydrogens (tertiary/aromatic N) is 2. The zero-order valence-corrected chi connectivity index (χ0v) is 12.1. The van der Waals surface area contributed by atoms with Gasteiger partial charge >= 0.3 is 0 Å². The number of carbonyl (C=O) groups is 2. The van der Waals surface area contributed by atoms with Crippen LogP contribution >= 0.6 is 0 Å². The van der Waals surface area contributed by atoms with E-state index in [1.807, 2.05) is 13.8 Å². The third-order valence-electron chi connectivity index (χ3n) is 4.32. The molecule has 1 aromatic rings. The van der Waals surface area contributed by atoms with Crippen LogP contribution in [0.2, 0.25) is 0 Å². The van der Waals surface area contributed by atoms with Crippen molar-refractivity contribution >= 4 is 11.8 Å². The summed E-state index contributed by atoms with van der Waals surface area (Å²) >= 11 is 0. The molecule has 1 unspecified atom stereocenters. The molecule has 1 aromatic heterocycles. The fraction of sp³-hybridized carbons (Fsp3) is 0.571. The average molecular weight is 276 g/mol. The molecule has 0 spiro atoms. The van der Waals surface area contributed by atoms with E-state index in [0.717, 1.165) is 12.8 Å². The Kier molecular flexibility index (Phi) is 4.01. The molecule has 0 aliphatic carbocycles. The molecular weight excluding hydrogens is 256 g/mol. The minimum absolute atomic E-state index is 0.110. The van der Waals surface area contributed by atoms with Gasteiger partial charge in [0.05, 0.1) is 17.5 Å². The van der Waals surface area contributed by atoms with E-state index < -0.39 is 6.04 Å². The van der Waals surface area contributed by atoms with Crippen molar-refractivity contribution in [3.8, 4) is 0 Å². The van der Waals surface area contributed by atoms with Gasteiger partial charge in [-0.05, 0) is 25.8 Å². The number of rotatable bonds is 4. The Bertz CT molecular complexity index is 526. The second kappa shape index (κ2) is 5.56. The fourth-order valence-electron chi connectivity index (χ4n) is 2.72. The Morgan fingerprint density at radius 3 is 2.80 bits per heavy atom. The van der Waals surface area contributed by atoms with Gasteiger partial charge in [-0.15, -0.1) is 0 Å². The first-order valence-corrected chi connectivity index (χ1v) is 6.91. The summed E-state index contributed by atoms with van der Waals surface area (Å²) in [4.78, 5) is 24.3. The van der Waals surface area contributed by atoms with Crippen LogP contribution in [0.15, 0.2) is 12.3 Å². The second-order valence-electron chi connectivity index (χ2n) is 5.22. The largest absolute Gasteiger partial charge is 0.354 e. The van der Waals surface area contributed by atoms with E-state index in [9.17, 15) is 9.59 Å². The second-order valence-corrected chi connectivity index (χ2v) is 5.22. The molecule has 2 rings (SSSR count). The van der Waals surface area contributed by atoms with Crippen LogP contribution < -0.4 is 10.6 Å². The van der Waals surface area contributed by atoms with Gasteiger partial charge in [-0.2, -0.15) is 10.2 Å². The summed E-state index contributed by atoms with van der Waals surface area (Å²) < 4.78 is 0. The lowest BCUT2D eigenvalue weighted by molar-refractivity contribution is -0.121. The number of aryl methyl sites for hydroxylation is 1. The number of aromatic nitrogens is 2. The lowest BCUT2D eigenvalue weighted by Crippen LogP contribution is -2.49. The van der Waals surface area contributed by atoms with Crippen molar-refractivity contribution in [2.24, 2.45) is 5.41 Å². The quantitative estimate of drug-likeness (QED) is 0.852. The number of hydrogen-bond donors (Lipinski definition) is 2. The third-order valence-corrected chi connectivity index (χ3v) is 4.32. The van der Waals surface area contributed by atoms with E-state index in [-0.39, 0.29) is 17.2 Å². The van der Waals surface area contributed by atoms with Gasteiger partial charge in [-0.1, -0.05) is 13.8 Å². The van der Waals surface area contributed by atoms with Gasteiger partial charge in [-0.3, -0.25) is 9.59 Å². The highest BCUT2D eigenvalue weighted by molar-refractivity contribution is 5.99. The smallest absolute Gasteiger partial charge is 0.253 e.